The van der Waals surface area contributed by atoms with Crippen molar-refractivity contribution < 1.29 is 14.4 Å². The summed E-state index contributed by atoms with van der Waals surface area (Å²) in [6.45, 7) is 4.82. The van der Waals surface area contributed by atoms with E-state index in [1.807, 2.05) is 30.7 Å². The summed E-state index contributed by atoms with van der Waals surface area (Å²) in [6.07, 6.45) is 5.50. The zero-order chi connectivity index (χ0) is 24.6. The lowest BCUT2D eigenvalue weighted by atomic mass is 9.99. The van der Waals surface area contributed by atoms with Gasteiger partial charge in [0.1, 0.15) is 11.5 Å². The highest BCUT2D eigenvalue weighted by molar-refractivity contribution is 7.99. The van der Waals surface area contributed by atoms with E-state index in [0.717, 1.165) is 71.8 Å². The van der Waals surface area contributed by atoms with Crippen molar-refractivity contribution in [2.45, 2.75) is 24.9 Å². The highest BCUT2D eigenvalue weighted by atomic mass is 32.2. The van der Waals surface area contributed by atoms with E-state index in [4.69, 9.17) is 14.4 Å². The topological polar surface area (TPSA) is 123 Å². The average Bonchev–Trinajstić information content (AvgIpc) is 3.40. The number of benzene rings is 1. The van der Waals surface area contributed by atoms with Crippen LogP contribution in [0.5, 0.6) is 0 Å². The summed E-state index contributed by atoms with van der Waals surface area (Å²) in [6, 6.07) is 10.6. The summed E-state index contributed by atoms with van der Waals surface area (Å²) < 4.78 is 7.26. The highest BCUT2D eigenvalue weighted by Gasteiger charge is 2.17. The molecular weight excluding hydrogens is 466 g/mol. The molecule has 35 heavy (non-hydrogen) atoms. The van der Waals surface area contributed by atoms with Crippen LogP contribution in [0, 0.1) is 6.92 Å². The molecule has 0 saturated heterocycles. The summed E-state index contributed by atoms with van der Waals surface area (Å²) in [7, 11) is 1.99. The van der Waals surface area contributed by atoms with Crippen LogP contribution in [0.2, 0.25) is 0 Å². The maximum atomic E-state index is 8.36. The Morgan fingerprint density at radius 3 is 2.60 bits per heavy atom. The molecule has 0 bridgehead atoms. The first-order valence-electron chi connectivity index (χ1n) is 11.2. The molecule has 3 aromatic heterocycles. The largest absolute Gasteiger partial charge is 0.483 e. The molecule has 0 atom stereocenters. The number of aromatic nitrogens is 6. The lowest BCUT2D eigenvalue weighted by molar-refractivity contribution is -0.122. The molecule has 0 amide bonds. The molecular formula is C24H27N7O3S. The summed E-state index contributed by atoms with van der Waals surface area (Å²) in [5.41, 5.74) is 5.82. The zero-order valence-electron chi connectivity index (χ0n) is 19.7. The Morgan fingerprint density at radius 2 is 1.89 bits per heavy atom. The van der Waals surface area contributed by atoms with E-state index in [1.165, 1.54) is 11.1 Å². The first-order chi connectivity index (χ1) is 17.1. The molecule has 4 heterocycles. The van der Waals surface area contributed by atoms with Gasteiger partial charge in [0.15, 0.2) is 11.0 Å². The van der Waals surface area contributed by atoms with Gasteiger partial charge in [-0.25, -0.2) is 0 Å². The predicted octanol–water partition coefficient (Wildman–Crippen LogP) is 3.13. The monoisotopic (exact) mass is 493 g/mol. The van der Waals surface area contributed by atoms with Crippen LogP contribution < -0.4 is 0 Å². The Kier molecular flexibility index (Phi) is 8.22. The van der Waals surface area contributed by atoms with Crippen LogP contribution in [-0.4, -0.2) is 72.0 Å². The van der Waals surface area contributed by atoms with E-state index in [-0.39, 0.29) is 6.47 Å². The van der Waals surface area contributed by atoms with Crippen molar-refractivity contribution in [2.24, 2.45) is 7.05 Å². The van der Waals surface area contributed by atoms with Crippen molar-refractivity contribution in [1.29, 1.82) is 0 Å². The van der Waals surface area contributed by atoms with Gasteiger partial charge in [-0.2, -0.15) is 10.2 Å². The lowest BCUT2D eigenvalue weighted by Crippen LogP contribution is -2.28. The van der Waals surface area contributed by atoms with Crippen LogP contribution in [0.1, 0.15) is 16.9 Å². The molecule has 5 rings (SSSR count). The quantitative estimate of drug-likeness (QED) is 0.316. The zero-order valence-corrected chi connectivity index (χ0v) is 20.5. The fourth-order valence-electron chi connectivity index (χ4n) is 4.04. The van der Waals surface area contributed by atoms with E-state index in [9.17, 15) is 0 Å². The Morgan fingerprint density at radius 1 is 1.09 bits per heavy atom. The van der Waals surface area contributed by atoms with Gasteiger partial charge in [0.2, 0.25) is 0 Å². The maximum absolute atomic E-state index is 8.36. The molecule has 11 heteroatoms. The Balaban J connectivity index is 0.000000917. The normalized spacial score (nSPS) is 13.4. The van der Waals surface area contributed by atoms with Crippen LogP contribution >= 0.6 is 11.8 Å². The SMILES string of the molecule is Cc1cc(-c2ccc3c(c2)CCN(CCSc2nnc(-c4ccnnc4)n2C)CC3)no1.O=CO. The van der Waals surface area contributed by atoms with Crippen molar-refractivity contribution in [3.8, 4) is 22.6 Å². The minimum atomic E-state index is -0.250. The first-order valence-corrected chi connectivity index (χ1v) is 12.2. The molecule has 182 valence electrons. The van der Waals surface area contributed by atoms with Gasteiger partial charge in [0, 0.05) is 49.6 Å². The van der Waals surface area contributed by atoms with Crippen LogP contribution in [0.15, 0.2) is 52.4 Å². The third-order valence-electron chi connectivity index (χ3n) is 5.84. The number of nitrogens with zero attached hydrogens (tertiary/aromatic N) is 7. The van der Waals surface area contributed by atoms with Crippen molar-refractivity contribution in [1.82, 2.24) is 35.0 Å². The van der Waals surface area contributed by atoms with Crippen LogP contribution in [0.4, 0.5) is 0 Å². The molecule has 0 unspecified atom stereocenters. The van der Waals surface area contributed by atoms with Gasteiger partial charge in [-0.3, -0.25) is 4.79 Å². The van der Waals surface area contributed by atoms with E-state index < -0.39 is 0 Å². The number of carboxylic acid groups (broad SMARTS) is 1. The van der Waals surface area contributed by atoms with E-state index in [1.54, 1.807) is 24.2 Å². The summed E-state index contributed by atoms with van der Waals surface area (Å²) >= 11 is 1.74. The van der Waals surface area contributed by atoms with Gasteiger partial charge in [-0.15, -0.1) is 10.2 Å². The van der Waals surface area contributed by atoms with Gasteiger partial charge in [-0.1, -0.05) is 29.1 Å². The highest BCUT2D eigenvalue weighted by Crippen LogP contribution is 2.26. The smallest absolute Gasteiger partial charge is 0.290 e. The number of carbonyl (C=O) groups is 1. The number of thioether (sulfide) groups is 1. The number of fused-ring (bicyclic) bond motifs is 1. The lowest BCUT2D eigenvalue weighted by Gasteiger charge is -2.19. The Bertz CT molecular complexity index is 1260. The van der Waals surface area contributed by atoms with Crippen molar-refractivity contribution in [3.05, 3.63) is 59.6 Å². The standard InChI is InChI=1S/C23H25N7OS.CH2O2/c1-16-13-21(28-31-16)19-4-3-17-6-9-30(10-7-18(17)14-19)11-12-32-23-27-26-22(29(23)2)20-5-8-24-25-15-20;2-1-3/h3-5,8,13-15H,6-7,9-12H2,1-2H3;1H,(H,2,3). The molecule has 0 spiro atoms. The van der Waals surface area contributed by atoms with Crippen molar-refractivity contribution >= 4 is 18.2 Å². The van der Waals surface area contributed by atoms with Crippen LogP contribution in [-0.2, 0) is 24.7 Å². The molecule has 4 aromatic rings. The average molecular weight is 494 g/mol. The molecule has 0 aliphatic carbocycles. The van der Waals surface area contributed by atoms with Gasteiger partial charge in [0.25, 0.3) is 6.47 Å². The third-order valence-corrected chi connectivity index (χ3v) is 6.84. The number of rotatable bonds is 6. The van der Waals surface area contributed by atoms with Gasteiger partial charge in [0.05, 0.1) is 12.4 Å². The molecule has 1 aliphatic heterocycles. The van der Waals surface area contributed by atoms with Gasteiger partial charge >= 0.3 is 0 Å². The Hall–Kier alpha value is -3.57. The van der Waals surface area contributed by atoms with Crippen molar-refractivity contribution in [3.63, 3.8) is 0 Å². The van der Waals surface area contributed by atoms with E-state index in [0.29, 0.717) is 0 Å². The minimum Gasteiger partial charge on any atom is -0.483 e. The second-order valence-corrected chi connectivity index (χ2v) is 9.16. The third kappa shape index (κ3) is 6.11. The molecule has 1 aromatic carbocycles. The first kappa shape index (κ1) is 24.6. The van der Waals surface area contributed by atoms with E-state index >= 15 is 0 Å². The van der Waals surface area contributed by atoms with Gasteiger partial charge in [-0.05, 0) is 43.0 Å². The second-order valence-electron chi connectivity index (χ2n) is 8.10. The fraction of sp³-hybridized carbons (Fsp3) is 0.333. The summed E-state index contributed by atoms with van der Waals surface area (Å²) in [5.74, 6) is 2.62. The molecule has 0 radical (unpaired) electrons. The van der Waals surface area contributed by atoms with Crippen LogP contribution in [0.3, 0.4) is 0 Å². The van der Waals surface area contributed by atoms with E-state index in [2.05, 4.69) is 48.7 Å². The number of aryl methyl sites for hydroxylation is 1. The molecule has 1 N–H and O–H groups in total. The molecule has 1 aliphatic rings. The number of hydrogen-bond donors (Lipinski definition) is 1. The molecule has 0 saturated carbocycles. The Labute approximate surface area is 207 Å². The summed E-state index contributed by atoms with van der Waals surface area (Å²) in [4.78, 5) is 10.9. The predicted molar refractivity (Wildman–Crippen MR) is 132 cm³/mol. The van der Waals surface area contributed by atoms with Crippen LogP contribution in [0.25, 0.3) is 22.6 Å². The minimum absolute atomic E-state index is 0.250. The maximum Gasteiger partial charge on any atom is 0.290 e. The second kappa shape index (κ2) is 11.7. The summed E-state index contributed by atoms with van der Waals surface area (Å²) in [5, 5.41) is 28.4. The molecule has 10 nitrogen and oxygen atoms in total. The van der Waals surface area contributed by atoms with Crippen molar-refractivity contribution in [2.75, 3.05) is 25.4 Å². The number of hydrogen-bond acceptors (Lipinski definition) is 9. The fourth-order valence-corrected chi connectivity index (χ4v) is 4.95. The van der Waals surface area contributed by atoms with Gasteiger partial charge < -0.3 is 19.1 Å². The molecule has 0 fully saturated rings.